The predicted octanol–water partition coefficient (Wildman–Crippen LogP) is 0.970. The van der Waals surface area contributed by atoms with E-state index in [9.17, 15) is 4.79 Å². The maximum absolute atomic E-state index is 12.7. The number of ether oxygens (including phenoxy) is 1. The monoisotopic (exact) mass is 354 g/mol. The molecule has 2 heterocycles. The van der Waals surface area contributed by atoms with Crippen LogP contribution in [0.15, 0.2) is 0 Å². The molecule has 0 saturated carbocycles. The summed E-state index contributed by atoms with van der Waals surface area (Å²) in [4.78, 5) is 21.9. The summed E-state index contributed by atoms with van der Waals surface area (Å²) in [7, 11) is 2.12. The Balaban J connectivity index is 1.75. The molecular formula is C19H38N4O2. The fourth-order valence-corrected chi connectivity index (χ4v) is 3.88. The number of carbonyl (C=O) groups is 1. The molecule has 0 aromatic rings. The van der Waals surface area contributed by atoms with E-state index in [0.29, 0.717) is 30.6 Å². The van der Waals surface area contributed by atoms with E-state index in [1.54, 1.807) is 0 Å². The van der Waals surface area contributed by atoms with Gasteiger partial charge < -0.3 is 19.4 Å². The molecule has 2 rings (SSSR count). The molecule has 0 aliphatic carbocycles. The lowest BCUT2D eigenvalue weighted by atomic mass is 10.1. The van der Waals surface area contributed by atoms with Gasteiger partial charge in [-0.05, 0) is 41.2 Å². The quantitative estimate of drug-likeness (QED) is 0.637. The van der Waals surface area contributed by atoms with Gasteiger partial charge in [-0.1, -0.05) is 0 Å². The second-order valence-electron chi connectivity index (χ2n) is 8.09. The number of rotatable bonds is 7. The Morgan fingerprint density at radius 2 is 1.68 bits per heavy atom. The van der Waals surface area contributed by atoms with Crippen LogP contribution in [-0.4, -0.2) is 110 Å². The van der Waals surface area contributed by atoms with E-state index in [0.717, 1.165) is 58.8 Å². The highest BCUT2D eigenvalue weighted by Crippen LogP contribution is 2.16. The summed E-state index contributed by atoms with van der Waals surface area (Å²) >= 11 is 0. The molecule has 0 N–H and O–H groups in total. The van der Waals surface area contributed by atoms with E-state index < -0.39 is 0 Å². The standard InChI is InChI=1S/C19H38N4O2/c1-16(2)25-12-6-7-21-13-17(3)23(18(4)14-21)15-19(24)22-10-8-20(5)9-11-22/h16-18H,6-15H2,1-5H3. The summed E-state index contributed by atoms with van der Waals surface area (Å²) in [6.45, 7) is 17.0. The SMILES string of the molecule is CC(C)OCCCN1CC(C)N(CC(=O)N2CCN(C)CC2)C(C)C1. The number of amides is 1. The first-order chi connectivity index (χ1) is 11.9. The van der Waals surface area contributed by atoms with E-state index in [4.69, 9.17) is 4.74 Å². The summed E-state index contributed by atoms with van der Waals surface area (Å²) in [5.41, 5.74) is 0. The average molecular weight is 355 g/mol. The number of likely N-dealkylation sites (N-methyl/N-ethyl adjacent to an activating group) is 1. The lowest BCUT2D eigenvalue weighted by Crippen LogP contribution is -2.59. The lowest BCUT2D eigenvalue weighted by Gasteiger charge is -2.45. The van der Waals surface area contributed by atoms with Crippen LogP contribution in [0.3, 0.4) is 0 Å². The number of piperazine rings is 2. The van der Waals surface area contributed by atoms with Crippen LogP contribution in [0.25, 0.3) is 0 Å². The van der Waals surface area contributed by atoms with Gasteiger partial charge in [0.1, 0.15) is 0 Å². The summed E-state index contributed by atoms with van der Waals surface area (Å²) in [5.74, 6) is 0.297. The smallest absolute Gasteiger partial charge is 0.236 e. The molecule has 2 fully saturated rings. The molecule has 6 nitrogen and oxygen atoms in total. The third-order valence-electron chi connectivity index (χ3n) is 5.42. The molecule has 2 unspecified atom stereocenters. The molecule has 0 aromatic carbocycles. The molecule has 2 aliphatic heterocycles. The molecule has 2 aliphatic rings. The van der Waals surface area contributed by atoms with E-state index in [1.807, 2.05) is 4.90 Å². The molecule has 2 saturated heterocycles. The molecule has 0 bridgehead atoms. The Hall–Kier alpha value is -0.690. The first kappa shape index (κ1) is 20.6. The van der Waals surface area contributed by atoms with Crippen molar-refractivity contribution in [1.29, 1.82) is 0 Å². The van der Waals surface area contributed by atoms with E-state index in [1.165, 1.54) is 0 Å². The van der Waals surface area contributed by atoms with Crippen LogP contribution in [0.1, 0.15) is 34.1 Å². The third kappa shape index (κ3) is 6.51. The molecule has 146 valence electrons. The van der Waals surface area contributed by atoms with Crippen LogP contribution >= 0.6 is 0 Å². The highest BCUT2D eigenvalue weighted by molar-refractivity contribution is 5.78. The van der Waals surface area contributed by atoms with Crippen LogP contribution in [0.2, 0.25) is 0 Å². The van der Waals surface area contributed by atoms with Crippen molar-refractivity contribution in [3.8, 4) is 0 Å². The Bertz CT molecular complexity index is 398. The second kappa shape index (κ2) is 9.86. The summed E-state index contributed by atoms with van der Waals surface area (Å²) in [5, 5.41) is 0. The van der Waals surface area contributed by atoms with Crippen LogP contribution in [0.5, 0.6) is 0 Å². The highest BCUT2D eigenvalue weighted by Gasteiger charge is 2.32. The number of carbonyl (C=O) groups excluding carboxylic acids is 1. The van der Waals surface area contributed by atoms with Gasteiger partial charge in [-0.25, -0.2) is 0 Å². The minimum atomic E-state index is 0.297. The zero-order valence-corrected chi connectivity index (χ0v) is 16.9. The van der Waals surface area contributed by atoms with Gasteiger partial charge >= 0.3 is 0 Å². The van der Waals surface area contributed by atoms with Crippen molar-refractivity contribution in [3.63, 3.8) is 0 Å². The topological polar surface area (TPSA) is 39.3 Å². The van der Waals surface area contributed by atoms with Gasteiger partial charge in [-0.3, -0.25) is 9.69 Å². The summed E-state index contributed by atoms with van der Waals surface area (Å²) < 4.78 is 5.64. The van der Waals surface area contributed by atoms with E-state index in [2.05, 4.69) is 49.4 Å². The van der Waals surface area contributed by atoms with E-state index >= 15 is 0 Å². The average Bonchev–Trinajstić information content (AvgIpc) is 2.55. The van der Waals surface area contributed by atoms with Crippen LogP contribution in [0.4, 0.5) is 0 Å². The molecular weight excluding hydrogens is 316 g/mol. The van der Waals surface area contributed by atoms with Gasteiger partial charge in [-0.15, -0.1) is 0 Å². The maximum atomic E-state index is 12.7. The molecule has 2 atom stereocenters. The van der Waals surface area contributed by atoms with Crippen molar-refractivity contribution in [2.45, 2.75) is 52.3 Å². The van der Waals surface area contributed by atoms with Crippen molar-refractivity contribution in [2.75, 3.05) is 66.0 Å². The van der Waals surface area contributed by atoms with Gasteiger partial charge in [0, 0.05) is 64.5 Å². The number of hydrogen-bond donors (Lipinski definition) is 0. The van der Waals surface area contributed by atoms with Crippen LogP contribution < -0.4 is 0 Å². The number of hydrogen-bond acceptors (Lipinski definition) is 5. The van der Waals surface area contributed by atoms with Gasteiger partial charge in [0.2, 0.25) is 5.91 Å². The van der Waals surface area contributed by atoms with Crippen molar-refractivity contribution < 1.29 is 9.53 Å². The van der Waals surface area contributed by atoms with Crippen LogP contribution in [0, 0.1) is 0 Å². The summed E-state index contributed by atoms with van der Waals surface area (Å²) in [6.07, 6.45) is 1.40. The largest absolute Gasteiger partial charge is 0.379 e. The zero-order chi connectivity index (χ0) is 18.4. The fourth-order valence-electron chi connectivity index (χ4n) is 3.88. The first-order valence-electron chi connectivity index (χ1n) is 9.92. The Morgan fingerprint density at radius 3 is 2.24 bits per heavy atom. The second-order valence-corrected chi connectivity index (χ2v) is 8.09. The first-order valence-corrected chi connectivity index (χ1v) is 9.92. The van der Waals surface area contributed by atoms with Crippen LogP contribution in [-0.2, 0) is 9.53 Å². The van der Waals surface area contributed by atoms with Gasteiger partial charge in [-0.2, -0.15) is 0 Å². The van der Waals surface area contributed by atoms with Crippen molar-refractivity contribution in [1.82, 2.24) is 19.6 Å². The Labute approximate surface area is 154 Å². The maximum Gasteiger partial charge on any atom is 0.236 e. The van der Waals surface area contributed by atoms with Gasteiger partial charge in [0.15, 0.2) is 0 Å². The molecule has 6 heteroatoms. The zero-order valence-electron chi connectivity index (χ0n) is 16.9. The molecule has 0 radical (unpaired) electrons. The molecule has 0 spiro atoms. The molecule has 25 heavy (non-hydrogen) atoms. The molecule has 0 aromatic heterocycles. The lowest BCUT2D eigenvalue weighted by molar-refractivity contribution is -0.136. The van der Waals surface area contributed by atoms with E-state index in [-0.39, 0.29) is 0 Å². The van der Waals surface area contributed by atoms with Crippen molar-refractivity contribution >= 4 is 5.91 Å². The minimum absolute atomic E-state index is 0.297. The summed E-state index contributed by atoms with van der Waals surface area (Å²) in [6, 6.07) is 0.845. The molecule has 1 amide bonds. The van der Waals surface area contributed by atoms with Gasteiger partial charge in [0.25, 0.3) is 0 Å². The van der Waals surface area contributed by atoms with Crippen molar-refractivity contribution in [2.24, 2.45) is 0 Å². The fraction of sp³-hybridized carbons (Fsp3) is 0.947. The normalized spacial score (nSPS) is 27.2. The van der Waals surface area contributed by atoms with Crippen molar-refractivity contribution in [3.05, 3.63) is 0 Å². The highest BCUT2D eigenvalue weighted by atomic mass is 16.5. The van der Waals surface area contributed by atoms with Gasteiger partial charge in [0.05, 0.1) is 12.6 Å². The Morgan fingerprint density at radius 1 is 1.08 bits per heavy atom. The minimum Gasteiger partial charge on any atom is -0.379 e. The third-order valence-corrected chi connectivity index (χ3v) is 5.42. The Kier molecular flexibility index (Phi) is 8.13. The number of nitrogens with zero attached hydrogens (tertiary/aromatic N) is 4. The predicted molar refractivity (Wildman–Crippen MR) is 102 cm³/mol.